The second-order valence-corrected chi connectivity index (χ2v) is 4.00. The Bertz CT molecular complexity index is 546. The lowest BCUT2D eigenvalue weighted by Gasteiger charge is -2.22. The van der Waals surface area contributed by atoms with Gasteiger partial charge >= 0.3 is 5.97 Å². The number of primary amides is 1. The second kappa shape index (κ2) is 6.45. The summed E-state index contributed by atoms with van der Waals surface area (Å²) in [5.74, 6) is -1.97. The van der Waals surface area contributed by atoms with E-state index in [1.54, 1.807) is 0 Å². The summed E-state index contributed by atoms with van der Waals surface area (Å²) in [6.45, 7) is 1.78. The van der Waals surface area contributed by atoms with Crippen molar-refractivity contribution in [2.45, 2.75) is 13.3 Å². The number of nitrogens with two attached hydrogens (primary N) is 1. The van der Waals surface area contributed by atoms with Crippen molar-refractivity contribution in [2.24, 2.45) is 5.73 Å². The molecule has 0 fully saturated rings. The lowest BCUT2D eigenvalue weighted by molar-refractivity contribution is -0.385. The fourth-order valence-electron chi connectivity index (χ4n) is 1.67. The molecule has 0 aromatic carbocycles. The number of nitrogens with zero attached hydrogens (tertiary/aromatic N) is 3. The Morgan fingerprint density at radius 2 is 2.20 bits per heavy atom. The summed E-state index contributed by atoms with van der Waals surface area (Å²) in [4.78, 5) is 37.3. The first-order valence-electron chi connectivity index (χ1n) is 5.77. The number of aliphatic carboxylic acids is 1. The zero-order valence-corrected chi connectivity index (χ0v) is 10.8. The second-order valence-electron chi connectivity index (χ2n) is 4.00. The number of hydrogen-bond acceptors (Lipinski definition) is 6. The van der Waals surface area contributed by atoms with Crippen LogP contribution in [0.5, 0.6) is 0 Å². The lowest BCUT2D eigenvalue weighted by Crippen LogP contribution is -2.33. The molecule has 0 saturated carbocycles. The van der Waals surface area contributed by atoms with Crippen molar-refractivity contribution in [3.8, 4) is 0 Å². The molecule has 1 rings (SSSR count). The van der Waals surface area contributed by atoms with Crippen molar-refractivity contribution >= 4 is 23.4 Å². The highest BCUT2D eigenvalue weighted by molar-refractivity contribution is 5.98. The topological polar surface area (TPSA) is 140 Å². The van der Waals surface area contributed by atoms with E-state index in [-0.39, 0.29) is 23.6 Å². The Labute approximate surface area is 114 Å². The molecule has 9 heteroatoms. The van der Waals surface area contributed by atoms with Gasteiger partial charge in [0.25, 0.3) is 11.6 Å². The van der Waals surface area contributed by atoms with Crippen LogP contribution >= 0.6 is 0 Å². The molecule has 0 spiro atoms. The Kier molecular flexibility index (Phi) is 4.95. The van der Waals surface area contributed by atoms with Crippen LogP contribution in [0.1, 0.15) is 23.7 Å². The van der Waals surface area contributed by atoms with Gasteiger partial charge in [-0.15, -0.1) is 0 Å². The van der Waals surface area contributed by atoms with Crippen LogP contribution in [0.3, 0.4) is 0 Å². The van der Waals surface area contributed by atoms with E-state index in [1.807, 2.05) is 6.92 Å². The zero-order chi connectivity index (χ0) is 15.3. The van der Waals surface area contributed by atoms with Crippen molar-refractivity contribution in [1.82, 2.24) is 4.98 Å². The number of pyridine rings is 1. The summed E-state index contributed by atoms with van der Waals surface area (Å²) in [6.07, 6.45) is 1.58. The van der Waals surface area contributed by atoms with Crippen LogP contribution in [0.4, 0.5) is 11.5 Å². The number of anilines is 1. The molecule has 1 heterocycles. The predicted octanol–water partition coefficient (Wildman–Crippen LogP) is 0.390. The third-order valence-corrected chi connectivity index (χ3v) is 2.45. The number of carbonyl (C=O) groups is 2. The van der Waals surface area contributed by atoms with E-state index in [0.717, 1.165) is 12.3 Å². The van der Waals surface area contributed by atoms with E-state index in [9.17, 15) is 19.7 Å². The van der Waals surface area contributed by atoms with Gasteiger partial charge in [-0.3, -0.25) is 19.7 Å². The fourth-order valence-corrected chi connectivity index (χ4v) is 1.67. The van der Waals surface area contributed by atoms with Gasteiger partial charge in [0.1, 0.15) is 18.6 Å². The van der Waals surface area contributed by atoms with Crippen LogP contribution in [0.2, 0.25) is 0 Å². The van der Waals surface area contributed by atoms with Crippen LogP contribution in [0.15, 0.2) is 12.3 Å². The van der Waals surface area contributed by atoms with Crippen molar-refractivity contribution in [3.63, 3.8) is 0 Å². The van der Waals surface area contributed by atoms with Crippen LogP contribution in [-0.4, -0.2) is 40.0 Å². The van der Waals surface area contributed by atoms with E-state index in [1.165, 1.54) is 4.90 Å². The molecule has 0 saturated heterocycles. The molecular weight excluding hydrogens is 268 g/mol. The molecule has 1 aromatic rings. The number of carbonyl (C=O) groups excluding carboxylic acids is 1. The molecule has 108 valence electrons. The average Bonchev–Trinajstić information content (AvgIpc) is 2.36. The van der Waals surface area contributed by atoms with E-state index < -0.39 is 16.8 Å². The summed E-state index contributed by atoms with van der Waals surface area (Å²) < 4.78 is 0. The Hall–Kier alpha value is -2.71. The molecule has 0 aliphatic carbocycles. The number of nitro groups is 1. The normalized spacial score (nSPS) is 10.1. The van der Waals surface area contributed by atoms with Crippen LogP contribution in [0, 0.1) is 10.1 Å². The summed E-state index contributed by atoms with van der Waals surface area (Å²) in [6, 6.07) is 0.995. The third-order valence-electron chi connectivity index (χ3n) is 2.45. The molecule has 0 atom stereocenters. The number of hydrogen-bond donors (Lipinski definition) is 2. The molecule has 0 bridgehead atoms. The first-order valence-corrected chi connectivity index (χ1v) is 5.77. The van der Waals surface area contributed by atoms with Crippen LogP contribution in [-0.2, 0) is 4.79 Å². The van der Waals surface area contributed by atoms with Gasteiger partial charge in [-0.05, 0) is 6.42 Å². The molecule has 9 nitrogen and oxygen atoms in total. The van der Waals surface area contributed by atoms with Gasteiger partial charge in [0.15, 0.2) is 0 Å². The number of amides is 1. The quantitative estimate of drug-likeness (QED) is 0.544. The Morgan fingerprint density at radius 3 is 2.65 bits per heavy atom. The Balaban J connectivity index is 3.29. The largest absolute Gasteiger partial charge is 0.480 e. The minimum absolute atomic E-state index is 0.0346. The highest BCUT2D eigenvalue weighted by Gasteiger charge is 2.21. The first-order chi connectivity index (χ1) is 9.36. The van der Waals surface area contributed by atoms with Gasteiger partial charge in [-0.1, -0.05) is 6.92 Å². The highest BCUT2D eigenvalue weighted by Crippen LogP contribution is 2.22. The standard InChI is InChI=1S/C11H14N4O5/c1-2-3-14(6-9(16)17)11-8(10(12)18)4-7(5-13-11)15(19)20/h4-5H,2-3,6H2,1H3,(H2,12,18)(H,16,17). The molecule has 1 aromatic heterocycles. The minimum atomic E-state index is -1.10. The highest BCUT2D eigenvalue weighted by atomic mass is 16.6. The first kappa shape index (κ1) is 15.3. The van der Waals surface area contributed by atoms with Gasteiger partial charge in [0, 0.05) is 12.6 Å². The van der Waals surface area contributed by atoms with Crippen molar-refractivity contribution in [2.75, 3.05) is 18.0 Å². The summed E-state index contributed by atoms with van der Waals surface area (Å²) >= 11 is 0. The lowest BCUT2D eigenvalue weighted by atomic mass is 10.2. The number of rotatable bonds is 7. The number of carboxylic acids is 1. The zero-order valence-electron chi connectivity index (χ0n) is 10.8. The molecule has 1 amide bonds. The molecule has 0 unspecified atom stereocenters. The van der Waals surface area contributed by atoms with Crippen LogP contribution in [0.25, 0.3) is 0 Å². The Morgan fingerprint density at radius 1 is 1.55 bits per heavy atom. The predicted molar refractivity (Wildman–Crippen MR) is 69.5 cm³/mol. The van der Waals surface area contributed by atoms with Crippen molar-refractivity contribution < 1.29 is 19.6 Å². The molecule has 20 heavy (non-hydrogen) atoms. The number of carboxylic acid groups (broad SMARTS) is 1. The summed E-state index contributed by atoms with van der Waals surface area (Å²) in [5.41, 5.74) is 4.62. The molecule has 0 radical (unpaired) electrons. The van der Waals surface area contributed by atoms with E-state index in [4.69, 9.17) is 10.8 Å². The number of aromatic nitrogens is 1. The van der Waals surface area contributed by atoms with Gasteiger partial charge in [0.2, 0.25) is 0 Å². The van der Waals surface area contributed by atoms with Gasteiger partial charge < -0.3 is 15.7 Å². The van der Waals surface area contributed by atoms with E-state index in [2.05, 4.69) is 4.98 Å². The van der Waals surface area contributed by atoms with Crippen molar-refractivity contribution in [3.05, 3.63) is 27.9 Å². The molecular formula is C11H14N4O5. The summed E-state index contributed by atoms with van der Waals surface area (Å²) in [5, 5.41) is 19.5. The summed E-state index contributed by atoms with van der Waals surface area (Å²) in [7, 11) is 0. The van der Waals surface area contributed by atoms with Gasteiger partial charge in [-0.25, -0.2) is 4.98 Å². The fraction of sp³-hybridized carbons (Fsp3) is 0.364. The maximum Gasteiger partial charge on any atom is 0.323 e. The van der Waals surface area contributed by atoms with Gasteiger partial charge in [0.05, 0.1) is 10.5 Å². The molecule has 0 aliphatic rings. The van der Waals surface area contributed by atoms with Gasteiger partial charge in [-0.2, -0.15) is 0 Å². The van der Waals surface area contributed by atoms with Crippen LogP contribution < -0.4 is 10.6 Å². The molecule has 3 N–H and O–H groups in total. The third kappa shape index (κ3) is 3.64. The smallest absolute Gasteiger partial charge is 0.323 e. The maximum absolute atomic E-state index is 11.4. The SMILES string of the molecule is CCCN(CC(=O)O)c1ncc([N+](=O)[O-])cc1C(N)=O. The monoisotopic (exact) mass is 282 g/mol. The van der Waals surface area contributed by atoms with Crippen molar-refractivity contribution in [1.29, 1.82) is 0 Å². The minimum Gasteiger partial charge on any atom is -0.480 e. The van der Waals surface area contributed by atoms with E-state index >= 15 is 0 Å². The molecule has 0 aliphatic heterocycles. The maximum atomic E-state index is 11.4. The average molecular weight is 282 g/mol. The van der Waals surface area contributed by atoms with E-state index in [0.29, 0.717) is 13.0 Å².